The minimum absolute atomic E-state index is 0.762. The fourth-order valence-electron chi connectivity index (χ4n) is 2.13. The Bertz CT molecular complexity index is 399. The number of rotatable bonds is 6. The molecule has 0 fully saturated rings. The minimum Gasteiger partial charge on any atom is -0.480 e. The zero-order valence-corrected chi connectivity index (χ0v) is 11.7. The first-order chi connectivity index (χ1) is 8.46. The Morgan fingerprint density at radius 1 is 1.28 bits per heavy atom. The third kappa shape index (κ3) is 2.72. The third-order valence-electron chi connectivity index (χ3n) is 3.66. The number of nitrogens with zero attached hydrogens (tertiary/aromatic N) is 1. The summed E-state index contributed by atoms with van der Waals surface area (Å²) in [5.74, 6) is -0.803. The molecule has 3 nitrogen and oxygen atoms in total. The fourth-order valence-corrected chi connectivity index (χ4v) is 2.13. The lowest BCUT2D eigenvalue weighted by molar-refractivity contribution is -0.150. The molecule has 1 aromatic carbocycles. The molecule has 0 aromatic heterocycles. The summed E-state index contributed by atoms with van der Waals surface area (Å²) >= 11 is 0. The van der Waals surface area contributed by atoms with Crippen molar-refractivity contribution in [3.05, 3.63) is 35.4 Å². The molecule has 1 aromatic rings. The van der Waals surface area contributed by atoms with Crippen molar-refractivity contribution in [1.29, 1.82) is 0 Å². The van der Waals surface area contributed by atoms with E-state index in [0.29, 0.717) is 0 Å². The van der Waals surface area contributed by atoms with Gasteiger partial charge in [-0.25, -0.2) is 4.79 Å². The Morgan fingerprint density at radius 3 is 2.22 bits per heavy atom. The highest BCUT2D eigenvalue weighted by molar-refractivity contribution is 5.80. The number of carboxylic acid groups (broad SMARTS) is 1. The van der Waals surface area contributed by atoms with Crippen molar-refractivity contribution >= 4 is 5.97 Å². The maximum atomic E-state index is 11.7. The molecule has 0 aliphatic rings. The van der Waals surface area contributed by atoms with E-state index in [9.17, 15) is 9.90 Å². The van der Waals surface area contributed by atoms with Gasteiger partial charge < -0.3 is 5.11 Å². The van der Waals surface area contributed by atoms with Crippen LogP contribution in [0.15, 0.2) is 24.3 Å². The largest absolute Gasteiger partial charge is 0.480 e. The quantitative estimate of drug-likeness (QED) is 0.842. The van der Waals surface area contributed by atoms with Crippen LogP contribution >= 0.6 is 0 Å². The first-order valence-electron chi connectivity index (χ1n) is 6.50. The predicted molar refractivity (Wildman–Crippen MR) is 73.7 cm³/mol. The van der Waals surface area contributed by atoms with E-state index in [1.807, 2.05) is 36.2 Å². The van der Waals surface area contributed by atoms with Gasteiger partial charge in [0.05, 0.1) is 0 Å². The Hall–Kier alpha value is -1.35. The van der Waals surface area contributed by atoms with Crippen molar-refractivity contribution in [2.45, 2.75) is 39.2 Å². The second kappa shape index (κ2) is 6.01. The molecule has 3 heteroatoms. The molecule has 18 heavy (non-hydrogen) atoms. The number of likely N-dealkylation sites (N-methyl/N-ethyl adjacent to an activating group) is 1. The summed E-state index contributed by atoms with van der Waals surface area (Å²) in [5, 5.41) is 9.57. The summed E-state index contributed by atoms with van der Waals surface area (Å²) in [7, 11) is 1.87. The number of benzene rings is 1. The molecule has 1 atom stereocenters. The van der Waals surface area contributed by atoms with E-state index < -0.39 is 11.5 Å². The van der Waals surface area contributed by atoms with Crippen LogP contribution in [0, 0.1) is 0 Å². The average Bonchev–Trinajstić information content (AvgIpc) is 2.37. The van der Waals surface area contributed by atoms with E-state index in [2.05, 4.69) is 13.8 Å². The zero-order chi connectivity index (χ0) is 13.8. The molecule has 1 rings (SSSR count). The molecule has 0 aliphatic heterocycles. The third-order valence-corrected chi connectivity index (χ3v) is 3.66. The SMILES string of the molecule is CCCN(C)C(C)(C(=O)O)c1ccc(CC)cc1. The van der Waals surface area contributed by atoms with Crippen LogP contribution in [-0.4, -0.2) is 29.6 Å². The van der Waals surface area contributed by atoms with Crippen molar-refractivity contribution in [1.82, 2.24) is 4.90 Å². The van der Waals surface area contributed by atoms with E-state index in [-0.39, 0.29) is 0 Å². The summed E-state index contributed by atoms with van der Waals surface area (Å²) < 4.78 is 0. The highest BCUT2D eigenvalue weighted by Gasteiger charge is 2.38. The molecule has 100 valence electrons. The van der Waals surface area contributed by atoms with Gasteiger partial charge >= 0.3 is 5.97 Å². The summed E-state index contributed by atoms with van der Waals surface area (Å²) in [6.45, 7) is 6.68. The molecule has 1 N–H and O–H groups in total. The van der Waals surface area contributed by atoms with Gasteiger partial charge in [-0.3, -0.25) is 4.90 Å². The molecule has 0 aliphatic carbocycles. The van der Waals surface area contributed by atoms with Gasteiger partial charge in [0.2, 0.25) is 0 Å². The zero-order valence-electron chi connectivity index (χ0n) is 11.7. The maximum Gasteiger partial charge on any atom is 0.328 e. The molecular formula is C15H23NO2. The number of carboxylic acids is 1. The summed E-state index contributed by atoms with van der Waals surface area (Å²) in [5.41, 5.74) is 1.11. The smallest absolute Gasteiger partial charge is 0.328 e. The highest BCUT2D eigenvalue weighted by atomic mass is 16.4. The lowest BCUT2D eigenvalue weighted by atomic mass is 9.89. The van der Waals surface area contributed by atoms with E-state index in [0.717, 1.165) is 24.9 Å². The normalized spacial score (nSPS) is 14.5. The van der Waals surface area contributed by atoms with Gasteiger partial charge in [0, 0.05) is 0 Å². The molecule has 1 unspecified atom stereocenters. The number of hydrogen-bond acceptors (Lipinski definition) is 2. The Kier molecular flexibility index (Phi) is 4.91. The van der Waals surface area contributed by atoms with Crippen molar-refractivity contribution < 1.29 is 9.90 Å². The number of aliphatic carboxylic acids is 1. The Labute approximate surface area is 109 Å². The van der Waals surface area contributed by atoms with Gasteiger partial charge in [-0.15, -0.1) is 0 Å². The predicted octanol–water partition coefficient (Wildman–Crippen LogP) is 2.89. The van der Waals surface area contributed by atoms with Gasteiger partial charge in [0.25, 0.3) is 0 Å². The lowest BCUT2D eigenvalue weighted by Gasteiger charge is -2.35. The average molecular weight is 249 g/mol. The second-order valence-electron chi connectivity index (χ2n) is 4.85. The van der Waals surface area contributed by atoms with Crippen LogP contribution in [0.25, 0.3) is 0 Å². The maximum absolute atomic E-state index is 11.7. The van der Waals surface area contributed by atoms with Crippen LogP contribution in [0.3, 0.4) is 0 Å². The number of aryl methyl sites for hydroxylation is 1. The first-order valence-corrected chi connectivity index (χ1v) is 6.50. The van der Waals surface area contributed by atoms with Gasteiger partial charge in [-0.1, -0.05) is 38.1 Å². The standard InChI is InChI=1S/C15H23NO2/c1-5-11-16(4)15(3,14(17)18)13-9-7-12(6-2)8-10-13/h7-10H,5-6,11H2,1-4H3,(H,17,18). The Balaban J connectivity index is 3.13. The van der Waals surface area contributed by atoms with Crippen molar-refractivity contribution in [3.8, 4) is 0 Å². The van der Waals surface area contributed by atoms with Crippen LogP contribution in [0.2, 0.25) is 0 Å². The van der Waals surface area contributed by atoms with Crippen molar-refractivity contribution in [3.63, 3.8) is 0 Å². The van der Waals surface area contributed by atoms with Crippen LogP contribution in [0.1, 0.15) is 38.3 Å². The molecule has 0 radical (unpaired) electrons. The molecule has 0 saturated heterocycles. The molecule has 0 heterocycles. The van der Waals surface area contributed by atoms with Gasteiger partial charge in [0.15, 0.2) is 0 Å². The second-order valence-corrected chi connectivity index (χ2v) is 4.85. The first kappa shape index (κ1) is 14.7. The number of hydrogen-bond donors (Lipinski definition) is 1. The monoisotopic (exact) mass is 249 g/mol. The van der Waals surface area contributed by atoms with E-state index in [1.165, 1.54) is 5.56 Å². The molecular weight excluding hydrogens is 226 g/mol. The summed E-state index contributed by atoms with van der Waals surface area (Å²) in [4.78, 5) is 13.5. The van der Waals surface area contributed by atoms with E-state index in [1.54, 1.807) is 6.92 Å². The van der Waals surface area contributed by atoms with Crippen LogP contribution in [0.4, 0.5) is 0 Å². The summed E-state index contributed by atoms with van der Waals surface area (Å²) in [6.07, 6.45) is 1.90. The molecule has 0 amide bonds. The van der Waals surface area contributed by atoms with Crippen molar-refractivity contribution in [2.75, 3.05) is 13.6 Å². The van der Waals surface area contributed by atoms with E-state index in [4.69, 9.17) is 0 Å². The summed E-state index contributed by atoms with van der Waals surface area (Å²) in [6, 6.07) is 7.88. The van der Waals surface area contributed by atoms with Crippen LogP contribution in [0.5, 0.6) is 0 Å². The lowest BCUT2D eigenvalue weighted by Crippen LogP contribution is -2.48. The fraction of sp³-hybridized carbons (Fsp3) is 0.533. The topological polar surface area (TPSA) is 40.5 Å². The number of carbonyl (C=O) groups is 1. The van der Waals surface area contributed by atoms with Crippen LogP contribution < -0.4 is 0 Å². The molecule has 0 saturated carbocycles. The van der Waals surface area contributed by atoms with Gasteiger partial charge in [-0.2, -0.15) is 0 Å². The van der Waals surface area contributed by atoms with Crippen LogP contribution in [-0.2, 0) is 16.8 Å². The minimum atomic E-state index is -0.956. The van der Waals surface area contributed by atoms with Gasteiger partial charge in [0.1, 0.15) is 5.54 Å². The highest BCUT2D eigenvalue weighted by Crippen LogP contribution is 2.28. The van der Waals surface area contributed by atoms with Gasteiger partial charge in [-0.05, 0) is 44.5 Å². The molecule has 0 bridgehead atoms. The molecule has 0 spiro atoms. The Morgan fingerprint density at radius 2 is 1.83 bits per heavy atom. The van der Waals surface area contributed by atoms with Crippen molar-refractivity contribution in [2.24, 2.45) is 0 Å². The van der Waals surface area contributed by atoms with E-state index >= 15 is 0 Å².